The SMILES string of the molecule is CCC1(CNC(=O)c2cc([N+](=O)[O-])cnc2N)CC1. The molecule has 0 aromatic carbocycles. The number of nitrogen functional groups attached to an aromatic ring is 1. The van der Waals surface area contributed by atoms with Gasteiger partial charge in [0.15, 0.2) is 0 Å². The van der Waals surface area contributed by atoms with E-state index in [0.717, 1.165) is 31.5 Å². The largest absolute Gasteiger partial charge is 0.383 e. The van der Waals surface area contributed by atoms with Gasteiger partial charge in [0, 0.05) is 12.6 Å². The lowest BCUT2D eigenvalue weighted by atomic mass is 10.0. The summed E-state index contributed by atoms with van der Waals surface area (Å²) in [4.78, 5) is 25.7. The van der Waals surface area contributed by atoms with Crippen LogP contribution in [0.25, 0.3) is 0 Å². The number of carbonyl (C=O) groups is 1. The van der Waals surface area contributed by atoms with Crippen LogP contribution in [0.4, 0.5) is 11.5 Å². The molecule has 1 aromatic rings. The van der Waals surface area contributed by atoms with Crippen molar-refractivity contribution in [3.63, 3.8) is 0 Å². The molecule has 0 bridgehead atoms. The average Bonchev–Trinajstić information content (AvgIpc) is 3.17. The van der Waals surface area contributed by atoms with Crippen LogP contribution in [0.2, 0.25) is 0 Å². The minimum atomic E-state index is -0.600. The number of nitrogens with two attached hydrogens (primary N) is 1. The molecule has 0 spiro atoms. The number of nitro groups is 1. The van der Waals surface area contributed by atoms with Crippen molar-refractivity contribution >= 4 is 17.4 Å². The molecule has 7 heteroatoms. The molecule has 1 heterocycles. The van der Waals surface area contributed by atoms with E-state index < -0.39 is 10.8 Å². The Morgan fingerprint density at radius 2 is 2.32 bits per heavy atom. The van der Waals surface area contributed by atoms with E-state index in [1.54, 1.807) is 0 Å². The summed E-state index contributed by atoms with van der Waals surface area (Å²) in [7, 11) is 0. The van der Waals surface area contributed by atoms with Crippen LogP contribution in [0.1, 0.15) is 36.5 Å². The first kappa shape index (κ1) is 13.3. The molecule has 1 aromatic heterocycles. The zero-order chi connectivity index (χ0) is 14.0. The minimum Gasteiger partial charge on any atom is -0.383 e. The van der Waals surface area contributed by atoms with Crippen molar-refractivity contribution in [2.24, 2.45) is 5.41 Å². The summed E-state index contributed by atoms with van der Waals surface area (Å²) in [5.41, 5.74) is 5.61. The fraction of sp³-hybridized carbons (Fsp3) is 0.500. The number of hydrogen-bond acceptors (Lipinski definition) is 5. The normalized spacial score (nSPS) is 15.8. The summed E-state index contributed by atoms with van der Waals surface area (Å²) >= 11 is 0. The maximum Gasteiger partial charge on any atom is 0.288 e. The van der Waals surface area contributed by atoms with Crippen LogP contribution in [-0.4, -0.2) is 22.4 Å². The Balaban J connectivity index is 2.10. The van der Waals surface area contributed by atoms with Crippen molar-refractivity contribution in [1.29, 1.82) is 0 Å². The van der Waals surface area contributed by atoms with Crippen molar-refractivity contribution in [1.82, 2.24) is 10.3 Å². The van der Waals surface area contributed by atoms with E-state index in [2.05, 4.69) is 17.2 Å². The van der Waals surface area contributed by atoms with Crippen molar-refractivity contribution in [3.05, 3.63) is 27.9 Å². The Kier molecular flexibility index (Phi) is 3.37. The molecule has 1 aliphatic rings. The zero-order valence-electron chi connectivity index (χ0n) is 10.7. The molecule has 2 rings (SSSR count). The maximum absolute atomic E-state index is 12.0. The van der Waals surface area contributed by atoms with E-state index in [4.69, 9.17) is 5.73 Å². The summed E-state index contributed by atoms with van der Waals surface area (Å²) in [6, 6.07) is 1.16. The van der Waals surface area contributed by atoms with Gasteiger partial charge in [0.2, 0.25) is 0 Å². The molecule has 102 valence electrons. The monoisotopic (exact) mass is 264 g/mol. The van der Waals surface area contributed by atoms with E-state index in [1.165, 1.54) is 0 Å². The molecule has 1 aliphatic carbocycles. The number of nitrogens with one attached hydrogen (secondary N) is 1. The highest BCUT2D eigenvalue weighted by Crippen LogP contribution is 2.47. The van der Waals surface area contributed by atoms with Gasteiger partial charge in [0.05, 0.1) is 10.5 Å². The number of pyridine rings is 1. The van der Waals surface area contributed by atoms with Gasteiger partial charge in [0.25, 0.3) is 11.6 Å². The molecule has 1 amide bonds. The fourth-order valence-electron chi connectivity index (χ4n) is 1.94. The maximum atomic E-state index is 12.0. The van der Waals surface area contributed by atoms with Gasteiger partial charge in [-0.15, -0.1) is 0 Å². The lowest BCUT2D eigenvalue weighted by molar-refractivity contribution is -0.385. The Bertz CT molecular complexity index is 526. The predicted molar refractivity (Wildman–Crippen MR) is 69.6 cm³/mol. The first-order valence-electron chi connectivity index (χ1n) is 6.15. The highest BCUT2D eigenvalue weighted by atomic mass is 16.6. The predicted octanol–water partition coefficient (Wildman–Crippen LogP) is 1.49. The van der Waals surface area contributed by atoms with Crippen LogP contribution < -0.4 is 11.1 Å². The quantitative estimate of drug-likeness (QED) is 0.618. The summed E-state index contributed by atoms with van der Waals surface area (Å²) in [6.07, 6.45) is 4.26. The van der Waals surface area contributed by atoms with E-state index in [1.807, 2.05) is 0 Å². The van der Waals surface area contributed by atoms with Gasteiger partial charge in [-0.05, 0) is 24.7 Å². The third kappa shape index (κ3) is 2.81. The second-order valence-corrected chi connectivity index (χ2v) is 4.92. The van der Waals surface area contributed by atoms with Crippen molar-refractivity contribution < 1.29 is 9.72 Å². The summed E-state index contributed by atoms with van der Waals surface area (Å²) in [6.45, 7) is 2.66. The van der Waals surface area contributed by atoms with E-state index in [-0.39, 0.29) is 22.5 Å². The number of nitrogens with zero attached hydrogens (tertiary/aromatic N) is 2. The Morgan fingerprint density at radius 1 is 1.63 bits per heavy atom. The van der Waals surface area contributed by atoms with Crippen LogP contribution in [-0.2, 0) is 0 Å². The summed E-state index contributed by atoms with van der Waals surface area (Å²) in [5, 5.41) is 13.4. The van der Waals surface area contributed by atoms with Gasteiger partial charge in [-0.3, -0.25) is 14.9 Å². The molecule has 1 fully saturated rings. The molecule has 0 atom stereocenters. The van der Waals surface area contributed by atoms with Crippen molar-refractivity contribution in [3.8, 4) is 0 Å². The molecule has 0 radical (unpaired) electrons. The van der Waals surface area contributed by atoms with Gasteiger partial charge in [-0.2, -0.15) is 0 Å². The van der Waals surface area contributed by atoms with Crippen LogP contribution in [0, 0.1) is 15.5 Å². The van der Waals surface area contributed by atoms with E-state index in [0.29, 0.717) is 6.54 Å². The number of carbonyl (C=O) groups excluding carboxylic acids is 1. The van der Waals surface area contributed by atoms with Crippen LogP contribution >= 0.6 is 0 Å². The Labute approximate surface area is 110 Å². The Morgan fingerprint density at radius 3 is 2.84 bits per heavy atom. The van der Waals surface area contributed by atoms with Gasteiger partial charge >= 0.3 is 0 Å². The van der Waals surface area contributed by atoms with Crippen molar-refractivity contribution in [2.45, 2.75) is 26.2 Å². The number of hydrogen-bond donors (Lipinski definition) is 2. The molecule has 7 nitrogen and oxygen atoms in total. The standard InChI is InChI=1S/C12H16N4O3/c1-2-12(3-4-12)7-15-11(17)9-5-8(16(18)19)6-14-10(9)13/h5-6H,2-4,7H2,1H3,(H2,13,14)(H,15,17). The molecular formula is C12H16N4O3. The van der Waals surface area contributed by atoms with Crippen LogP contribution in [0.15, 0.2) is 12.3 Å². The third-order valence-electron chi connectivity index (χ3n) is 3.69. The van der Waals surface area contributed by atoms with Gasteiger partial charge in [-0.1, -0.05) is 6.92 Å². The summed E-state index contributed by atoms with van der Waals surface area (Å²) in [5.74, 6) is -0.405. The third-order valence-corrected chi connectivity index (χ3v) is 3.69. The first-order chi connectivity index (χ1) is 8.97. The zero-order valence-corrected chi connectivity index (χ0v) is 10.7. The molecule has 3 N–H and O–H groups in total. The highest BCUT2D eigenvalue weighted by molar-refractivity contribution is 5.98. The highest BCUT2D eigenvalue weighted by Gasteiger charge is 2.40. The van der Waals surface area contributed by atoms with Gasteiger partial charge in [0.1, 0.15) is 12.0 Å². The lowest BCUT2D eigenvalue weighted by Gasteiger charge is -2.13. The number of anilines is 1. The van der Waals surface area contributed by atoms with Crippen molar-refractivity contribution in [2.75, 3.05) is 12.3 Å². The number of amides is 1. The molecule has 1 saturated carbocycles. The fourth-order valence-corrected chi connectivity index (χ4v) is 1.94. The molecular weight excluding hydrogens is 248 g/mol. The molecule has 0 aliphatic heterocycles. The molecule has 19 heavy (non-hydrogen) atoms. The Hall–Kier alpha value is -2.18. The van der Waals surface area contributed by atoms with Gasteiger partial charge in [-0.25, -0.2) is 4.98 Å². The summed E-state index contributed by atoms with van der Waals surface area (Å²) < 4.78 is 0. The molecule has 0 saturated heterocycles. The van der Waals surface area contributed by atoms with Crippen LogP contribution in [0.3, 0.4) is 0 Å². The van der Waals surface area contributed by atoms with Crippen LogP contribution in [0.5, 0.6) is 0 Å². The second-order valence-electron chi connectivity index (χ2n) is 4.92. The topological polar surface area (TPSA) is 111 Å². The first-order valence-corrected chi connectivity index (χ1v) is 6.15. The number of rotatable bonds is 5. The molecule has 0 unspecified atom stereocenters. The van der Waals surface area contributed by atoms with E-state index >= 15 is 0 Å². The lowest BCUT2D eigenvalue weighted by Crippen LogP contribution is -2.30. The van der Waals surface area contributed by atoms with E-state index in [9.17, 15) is 14.9 Å². The van der Waals surface area contributed by atoms with Gasteiger partial charge < -0.3 is 11.1 Å². The average molecular weight is 264 g/mol. The smallest absolute Gasteiger partial charge is 0.288 e. The minimum absolute atomic E-state index is 0.00412. The number of aromatic nitrogens is 1. The second kappa shape index (κ2) is 4.83.